The van der Waals surface area contributed by atoms with E-state index in [4.69, 9.17) is 10.8 Å². The first kappa shape index (κ1) is 12.3. The van der Waals surface area contributed by atoms with Crippen molar-refractivity contribution in [2.24, 2.45) is 5.73 Å². The van der Waals surface area contributed by atoms with Crippen LogP contribution >= 0.6 is 0 Å². The smallest absolute Gasteiger partial charge is 0.320 e. The molecule has 0 saturated carbocycles. The number of H-pyrrole nitrogens is 1. The molecule has 1 aromatic heterocycles. The number of rotatable bonds is 5. The second-order valence-corrected chi connectivity index (χ2v) is 4.25. The molecule has 0 aliphatic rings. The molecule has 94 valence electrons. The number of nitrogens with two attached hydrogens (primary N) is 1. The average molecular weight is 246 g/mol. The minimum atomic E-state index is -1.15. The fourth-order valence-electron chi connectivity index (χ4n) is 1.85. The molecule has 0 amide bonds. The lowest BCUT2D eigenvalue weighted by Crippen LogP contribution is -2.32. The number of aromatic nitrogens is 1. The Kier molecular flexibility index (Phi) is 3.43. The van der Waals surface area contributed by atoms with Crippen LogP contribution in [0.15, 0.2) is 30.3 Å². The molecule has 5 heteroatoms. The Morgan fingerprint density at radius 1 is 1.33 bits per heavy atom. The summed E-state index contributed by atoms with van der Waals surface area (Å²) in [5.74, 6) is -1.34. The van der Waals surface area contributed by atoms with E-state index in [0.717, 1.165) is 16.6 Å². The van der Waals surface area contributed by atoms with Crippen molar-refractivity contribution in [3.8, 4) is 0 Å². The van der Waals surface area contributed by atoms with E-state index in [1.165, 1.54) is 0 Å². The number of benzene rings is 1. The first-order chi connectivity index (χ1) is 8.56. The minimum Gasteiger partial charge on any atom is -0.480 e. The molecule has 0 fully saturated rings. The number of aliphatic carboxylic acids is 1. The molecule has 0 saturated heterocycles. The topological polar surface area (TPSA) is 96.2 Å². The van der Waals surface area contributed by atoms with Crippen molar-refractivity contribution < 1.29 is 14.7 Å². The van der Waals surface area contributed by atoms with Gasteiger partial charge >= 0.3 is 5.97 Å². The summed E-state index contributed by atoms with van der Waals surface area (Å²) in [6, 6.07) is 8.46. The third kappa shape index (κ3) is 2.75. The first-order valence-corrected chi connectivity index (χ1v) is 5.63. The zero-order chi connectivity index (χ0) is 13.1. The van der Waals surface area contributed by atoms with Crippen molar-refractivity contribution in [2.45, 2.75) is 18.9 Å². The number of Topliss-reactive ketones (excluding diaryl/α,β-unsaturated/α-hetero) is 1. The maximum Gasteiger partial charge on any atom is 0.320 e. The molecule has 18 heavy (non-hydrogen) atoms. The number of ketones is 1. The maximum absolute atomic E-state index is 11.6. The Hall–Kier alpha value is -2.14. The fourth-order valence-corrected chi connectivity index (χ4v) is 1.85. The van der Waals surface area contributed by atoms with Gasteiger partial charge in [-0.15, -0.1) is 0 Å². The number of para-hydroxylation sites is 1. The molecular formula is C13H14N2O3. The molecule has 0 unspecified atom stereocenters. The molecule has 1 atom stereocenters. The van der Waals surface area contributed by atoms with Crippen LogP contribution in [0.1, 0.15) is 12.1 Å². The highest BCUT2D eigenvalue weighted by Gasteiger charge is 2.16. The summed E-state index contributed by atoms with van der Waals surface area (Å²) in [6.45, 7) is 0. The van der Waals surface area contributed by atoms with E-state index in [2.05, 4.69) is 4.98 Å². The molecule has 5 nitrogen and oxygen atoms in total. The van der Waals surface area contributed by atoms with Crippen LogP contribution in [0, 0.1) is 0 Å². The van der Waals surface area contributed by atoms with Crippen LogP contribution in [0.3, 0.4) is 0 Å². The van der Waals surface area contributed by atoms with Gasteiger partial charge in [0.05, 0.1) is 0 Å². The second-order valence-electron chi connectivity index (χ2n) is 4.25. The van der Waals surface area contributed by atoms with Gasteiger partial charge in [0.1, 0.15) is 11.8 Å². The van der Waals surface area contributed by atoms with Gasteiger partial charge in [-0.1, -0.05) is 18.2 Å². The van der Waals surface area contributed by atoms with Gasteiger partial charge in [-0.25, -0.2) is 0 Å². The number of carbonyl (C=O) groups excluding carboxylic acids is 1. The van der Waals surface area contributed by atoms with E-state index in [-0.39, 0.29) is 18.6 Å². The minimum absolute atomic E-state index is 0.148. The summed E-state index contributed by atoms with van der Waals surface area (Å²) in [5.41, 5.74) is 7.05. The summed E-state index contributed by atoms with van der Waals surface area (Å²) in [6.07, 6.45) is 0.0281. The predicted molar refractivity (Wildman–Crippen MR) is 67.2 cm³/mol. The lowest BCUT2D eigenvalue weighted by atomic mass is 10.1. The summed E-state index contributed by atoms with van der Waals surface area (Å²) >= 11 is 0. The molecular weight excluding hydrogens is 232 g/mol. The van der Waals surface area contributed by atoms with E-state index in [9.17, 15) is 9.59 Å². The van der Waals surface area contributed by atoms with Gasteiger partial charge in [0.2, 0.25) is 0 Å². The van der Waals surface area contributed by atoms with Gasteiger partial charge in [0, 0.05) is 24.1 Å². The lowest BCUT2D eigenvalue weighted by molar-refractivity contribution is -0.140. The van der Waals surface area contributed by atoms with Crippen molar-refractivity contribution >= 4 is 22.7 Å². The van der Waals surface area contributed by atoms with Crippen LogP contribution < -0.4 is 5.73 Å². The summed E-state index contributed by atoms with van der Waals surface area (Å²) in [4.78, 5) is 25.3. The van der Waals surface area contributed by atoms with Gasteiger partial charge in [-0.05, 0) is 17.5 Å². The number of carbonyl (C=O) groups is 2. The van der Waals surface area contributed by atoms with Gasteiger partial charge < -0.3 is 15.8 Å². The average Bonchev–Trinajstić information content (AvgIpc) is 2.70. The third-order valence-electron chi connectivity index (χ3n) is 2.74. The summed E-state index contributed by atoms with van der Waals surface area (Å²) in [5, 5.41) is 9.66. The molecule has 0 spiro atoms. The number of fused-ring (bicyclic) bond motifs is 1. The van der Waals surface area contributed by atoms with Crippen LogP contribution in [0.5, 0.6) is 0 Å². The monoisotopic (exact) mass is 246 g/mol. The Balaban J connectivity index is 2.05. The Bertz CT molecular complexity index is 556. The van der Waals surface area contributed by atoms with E-state index in [0.29, 0.717) is 0 Å². The molecule has 2 rings (SSSR count). The standard InChI is InChI=1S/C13H14N2O3/c14-11(13(17)18)7-10(16)6-9-5-8-3-1-2-4-12(8)15-9/h1-5,11,15H,6-7,14H2,(H,17,18)/t11-/m0/s1. The van der Waals surface area contributed by atoms with E-state index in [1.54, 1.807) is 0 Å². The van der Waals surface area contributed by atoms with Gasteiger partial charge in [0.25, 0.3) is 0 Å². The molecule has 4 N–H and O–H groups in total. The largest absolute Gasteiger partial charge is 0.480 e. The Morgan fingerprint density at radius 2 is 2.06 bits per heavy atom. The van der Waals surface area contributed by atoms with Gasteiger partial charge in [-0.2, -0.15) is 0 Å². The molecule has 0 aliphatic heterocycles. The van der Waals surface area contributed by atoms with Crippen molar-refractivity contribution in [1.29, 1.82) is 0 Å². The Morgan fingerprint density at radius 3 is 2.72 bits per heavy atom. The molecule has 0 radical (unpaired) electrons. The summed E-state index contributed by atoms with van der Waals surface area (Å²) in [7, 11) is 0. The zero-order valence-electron chi connectivity index (χ0n) is 9.72. The van der Waals surface area contributed by atoms with Crippen LogP contribution in [0.4, 0.5) is 0 Å². The highest BCUT2D eigenvalue weighted by atomic mass is 16.4. The number of hydrogen-bond acceptors (Lipinski definition) is 3. The molecule has 0 aliphatic carbocycles. The first-order valence-electron chi connectivity index (χ1n) is 5.63. The molecule has 1 aromatic carbocycles. The Labute approximate surface area is 104 Å². The predicted octanol–water partition coefficient (Wildman–Crippen LogP) is 1.08. The van der Waals surface area contributed by atoms with Gasteiger partial charge in [0.15, 0.2) is 0 Å². The number of hydrogen-bond donors (Lipinski definition) is 3. The highest BCUT2D eigenvalue weighted by molar-refractivity contribution is 5.88. The SMILES string of the molecule is N[C@@H](CC(=O)Cc1cc2ccccc2[nH]1)C(=O)O. The summed E-state index contributed by atoms with van der Waals surface area (Å²) < 4.78 is 0. The zero-order valence-corrected chi connectivity index (χ0v) is 9.72. The number of nitrogens with one attached hydrogen (secondary N) is 1. The van der Waals surface area contributed by atoms with E-state index >= 15 is 0 Å². The number of aromatic amines is 1. The van der Waals surface area contributed by atoms with Crippen LogP contribution in [0.2, 0.25) is 0 Å². The maximum atomic E-state index is 11.6. The van der Waals surface area contributed by atoms with Crippen LogP contribution in [0.25, 0.3) is 10.9 Å². The normalized spacial score (nSPS) is 12.5. The second kappa shape index (κ2) is 5.01. The quantitative estimate of drug-likeness (QED) is 0.735. The van der Waals surface area contributed by atoms with Crippen molar-refractivity contribution in [1.82, 2.24) is 4.98 Å². The van der Waals surface area contributed by atoms with E-state index in [1.807, 2.05) is 30.3 Å². The molecule has 0 bridgehead atoms. The number of carboxylic acids is 1. The lowest BCUT2D eigenvalue weighted by Gasteiger charge is -2.04. The fraction of sp³-hybridized carbons (Fsp3) is 0.231. The highest BCUT2D eigenvalue weighted by Crippen LogP contribution is 2.15. The van der Waals surface area contributed by atoms with Crippen molar-refractivity contribution in [2.75, 3.05) is 0 Å². The van der Waals surface area contributed by atoms with E-state index < -0.39 is 12.0 Å². The van der Waals surface area contributed by atoms with Crippen LogP contribution in [-0.2, 0) is 16.0 Å². The van der Waals surface area contributed by atoms with Crippen LogP contribution in [-0.4, -0.2) is 27.9 Å². The van der Waals surface area contributed by atoms with Crippen molar-refractivity contribution in [3.05, 3.63) is 36.0 Å². The van der Waals surface area contributed by atoms with Gasteiger partial charge in [-0.3, -0.25) is 9.59 Å². The number of carboxylic acid groups (broad SMARTS) is 1. The molecule has 2 aromatic rings. The molecule has 1 heterocycles. The third-order valence-corrected chi connectivity index (χ3v) is 2.74. The van der Waals surface area contributed by atoms with Crippen molar-refractivity contribution in [3.63, 3.8) is 0 Å².